The highest BCUT2D eigenvalue weighted by Gasteiger charge is 2.53. The summed E-state index contributed by atoms with van der Waals surface area (Å²) in [6.07, 6.45) is 0.663. The van der Waals surface area contributed by atoms with E-state index in [4.69, 9.17) is 44.0 Å². The minimum atomic E-state index is -4.37. The number of rotatable bonds is 32. The molecule has 30 nitrogen and oxygen atoms in total. The Kier molecular flexibility index (Phi) is 23.6. The van der Waals surface area contributed by atoms with E-state index in [1.165, 1.54) is 30.4 Å². The summed E-state index contributed by atoms with van der Waals surface area (Å²) in [7, 11) is -4.37. The molecule has 12 N–H and O–H groups in total. The second kappa shape index (κ2) is 31.4. The number of anilines is 3. The van der Waals surface area contributed by atoms with Crippen LogP contribution in [0.4, 0.5) is 31.4 Å². The van der Waals surface area contributed by atoms with E-state index in [2.05, 4.69) is 37.2 Å². The zero-order valence-corrected chi connectivity index (χ0v) is 49.5. The summed E-state index contributed by atoms with van der Waals surface area (Å²) in [5, 5.41) is 23.2. The van der Waals surface area contributed by atoms with Crippen molar-refractivity contribution in [1.29, 1.82) is 0 Å². The molecule has 1 unspecified atom stereocenters. The first-order valence-corrected chi connectivity index (χ1v) is 29.6. The molecule has 1 spiro atoms. The predicted octanol–water partition coefficient (Wildman–Crippen LogP) is 2.23. The zero-order valence-electron chi connectivity index (χ0n) is 48.7. The van der Waals surface area contributed by atoms with Crippen LogP contribution in [0, 0.1) is 5.92 Å². The van der Waals surface area contributed by atoms with Gasteiger partial charge in [0.15, 0.2) is 5.60 Å². The van der Waals surface area contributed by atoms with Crippen LogP contribution < -0.4 is 57.5 Å². The quantitative estimate of drug-likeness (QED) is 0.0145. The van der Waals surface area contributed by atoms with Gasteiger partial charge in [-0.1, -0.05) is 44.2 Å². The molecule has 10 amide bonds. The number of carbonyl (C=O) groups excluding carboxylic acids is 10. The summed E-state index contributed by atoms with van der Waals surface area (Å²) in [6.45, 7) is 4.74. The van der Waals surface area contributed by atoms with Gasteiger partial charge in [0.25, 0.3) is 22.0 Å². The maximum Gasteiger partial charge on any atom is 0.411 e. The molecule has 7 rings (SSSR count). The van der Waals surface area contributed by atoms with E-state index in [9.17, 15) is 56.4 Å². The molecule has 0 saturated carbocycles. The first-order valence-electron chi connectivity index (χ1n) is 28.1. The molecule has 4 atom stereocenters. The van der Waals surface area contributed by atoms with Crippen LogP contribution in [0.1, 0.15) is 72.6 Å². The number of amides is 10. The fraction of sp³-hybridized carbons (Fsp3) is 0.379. The molecule has 4 aromatic carbocycles. The minimum absolute atomic E-state index is 0.0308. The van der Waals surface area contributed by atoms with E-state index in [0.717, 1.165) is 4.90 Å². The fourth-order valence-corrected chi connectivity index (χ4v) is 9.76. The van der Waals surface area contributed by atoms with Crippen LogP contribution in [0.15, 0.2) is 97.1 Å². The van der Waals surface area contributed by atoms with Crippen molar-refractivity contribution < 1.29 is 89.5 Å². The summed E-state index contributed by atoms with van der Waals surface area (Å²) >= 11 is 0. The molecule has 3 aliphatic heterocycles. The van der Waals surface area contributed by atoms with E-state index in [-0.39, 0.29) is 108 Å². The van der Waals surface area contributed by atoms with Crippen LogP contribution in [0.5, 0.6) is 11.5 Å². The summed E-state index contributed by atoms with van der Waals surface area (Å²) in [5.41, 5.74) is 7.05. The molecule has 31 heteroatoms. The van der Waals surface area contributed by atoms with Gasteiger partial charge in [-0.05, 0) is 73.7 Å². The van der Waals surface area contributed by atoms with Crippen LogP contribution in [0.25, 0.3) is 0 Å². The summed E-state index contributed by atoms with van der Waals surface area (Å²) < 4.78 is 65.0. The number of ether oxygens (including phenoxy) is 7. The molecule has 3 heterocycles. The number of hydrogen-bond acceptors (Lipinski definition) is 19. The largest absolute Gasteiger partial charge is 0.456 e. The lowest BCUT2D eigenvalue weighted by molar-refractivity contribution is -0.137. The Morgan fingerprint density at radius 3 is 1.87 bits per heavy atom. The Hall–Kier alpha value is -9.53. The monoisotopic (exact) mass is 1260 g/mol. The summed E-state index contributed by atoms with van der Waals surface area (Å²) in [4.78, 5) is 129. The third kappa shape index (κ3) is 18.7. The van der Waals surface area contributed by atoms with Crippen molar-refractivity contribution in [3.05, 3.63) is 125 Å². The van der Waals surface area contributed by atoms with Crippen molar-refractivity contribution in [3.63, 3.8) is 0 Å². The summed E-state index contributed by atoms with van der Waals surface area (Å²) in [5.74, 6) is -4.77. The topological polar surface area (TPSA) is 421 Å². The average Bonchev–Trinajstić information content (AvgIpc) is 1.64. The highest BCUT2D eigenvalue weighted by molar-refractivity contribution is 7.87. The van der Waals surface area contributed by atoms with E-state index >= 15 is 0 Å². The van der Waals surface area contributed by atoms with Gasteiger partial charge >= 0.3 is 24.2 Å². The number of nitrogens with zero attached hydrogens (tertiary/aromatic N) is 1. The Morgan fingerprint density at radius 2 is 1.26 bits per heavy atom. The fourth-order valence-electron chi connectivity index (χ4n) is 9.36. The van der Waals surface area contributed by atoms with Gasteiger partial charge < -0.3 is 65.5 Å². The number of primary amides is 1. The van der Waals surface area contributed by atoms with E-state index in [0.29, 0.717) is 33.5 Å². The lowest BCUT2D eigenvalue weighted by atomic mass is 9.77. The standard InChI is InChI=1S/C58H69N11O19S/c1-4-85-56(78)64-37-15-17-41-45(30-37)87-46-31-38(16-18-42(46)58(41)40-9-6-5-8-39(40)54(76)88-58)65-57(79)86-33-35-11-13-36(14-12-35)63-51(73)43(10-7-22-61-55(59)77)67-53(75)50(34(2)3)68-52(74)44(32-62-89(60,80)81)66-47(70)21-24-82-26-28-84-29-27-83-25-23-69-48(71)19-20-49(69)72/h5-6,8-9,11-20,30-31,34,43-44,50,62H,4,7,10,21-29,32-33H2,1-3H3,(H,63,73)(H,64,78)(H,65,79)(H,66,70)(H,67,75)(H,68,74)(H3,59,61,77)(H2,60,80,81)/t43-,44-,50-,58?/m0/s1. The third-order valence-electron chi connectivity index (χ3n) is 13.6. The highest BCUT2D eigenvalue weighted by Crippen LogP contribution is 2.56. The van der Waals surface area contributed by atoms with Gasteiger partial charge in [0.2, 0.25) is 23.6 Å². The lowest BCUT2D eigenvalue weighted by Gasteiger charge is -2.36. The number of nitrogens with one attached hydrogen (secondary N) is 8. The van der Waals surface area contributed by atoms with Gasteiger partial charge in [-0.25, -0.2) is 24.3 Å². The molecule has 0 saturated heterocycles. The first kappa shape index (κ1) is 67.0. The number of imide groups is 1. The van der Waals surface area contributed by atoms with Crippen molar-refractivity contribution in [2.24, 2.45) is 16.8 Å². The van der Waals surface area contributed by atoms with Crippen LogP contribution >= 0.6 is 0 Å². The maximum absolute atomic E-state index is 14.0. The Balaban J connectivity index is 0.911. The van der Waals surface area contributed by atoms with Crippen molar-refractivity contribution in [2.75, 3.05) is 81.8 Å². The highest BCUT2D eigenvalue weighted by atomic mass is 32.2. The van der Waals surface area contributed by atoms with Gasteiger partial charge in [-0.2, -0.15) is 13.1 Å². The molecule has 476 valence electrons. The first-order chi connectivity index (χ1) is 42.5. The molecule has 0 radical (unpaired) electrons. The molecule has 4 aromatic rings. The van der Waals surface area contributed by atoms with Crippen molar-refractivity contribution in [3.8, 4) is 11.5 Å². The lowest BCUT2D eigenvalue weighted by Crippen LogP contribution is -2.59. The van der Waals surface area contributed by atoms with Crippen molar-refractivity contribution >= 4 is 86.9 Å². The molecular weight excluding hydrogens is 1190 g/mol. The van der Waals surface area contributed by atoms with E-state index in [1.54, 1.807) is 87.5 Å². The van der Waals surface area contributed by atoms with Crippen molar-refractivity contribution in [2.45, 2.75) is 70.4 Å². The van der Waals surface area contributed by atoms with Gasteiger partial charge in [-0.15, -0.1) is 0 Å². The molecular formula is C58H69N11O19S. The Labute approximate surface area is 510 Å². The molecule has 89 heavy (non-hydrogen) atoms. The molecule has 0 bridgehead atoms. The van der Waals surface area contributed by atoms with Crippen LogP contribution in [-0.2, 0) is 79.6 Å². The van der Waals surface area contributed by atoms with Crippen molar-refractivity contribution in [1.82, 2.24) is 30.9 Å². The van der Waals surface area contributed by atoms with Gasteiger partial charge in [0.1, 0.15) is 36.2 Å². The number of carbonyl (C=O) groups is 10. The predicted molar refractivity (Wildman–Crippen MR) is 316 cm³/mol. The molecule has 0 aliphatic carbocycles. The van der Waals surface area contributed by atoms with Crippen LogP contribution in [0.2, 0.25) is 0 Å². The smallest absolute Gasteiger partial charge is 0.411 e. The summed E-state index contributed by atoms with van der Waals surface area (Å²) in [6, 6.07) is 17.8. The zero-order chi connectivity index (χ0) is 64.3. The average molecular weight is 1260 g/mol. The second-order valence-electron chi connectivity index (χ2n) is 20.4. The van der Waals surface area contributed by atoms with E-state index < -0.39 is 106 Å². The van der Waals surface area contributed by atoms with Gasteiger partial charge in [-0.3, -0.25) is 44.3 Å². The number of urea groups is 1. The number of fused-ring (bicyclic) bond motifs is 6. The van der Waals surface area contributed by atoms with Gasteiger partial charge in [0.05, 0.1) is 58.4 Å². The van der Waals surface area contributed by atoms with Crippen LogP contribution in [0.3, 0.4) is 0 Å². The number of benzene rings is 4. The Morgan fingerprint density at radius 1 is 0.663 bits per heavy atom. The maximum atomic E-state index is 14.0. The number of nitrogens with two attached hydrogens (primary N) is 2. The van der Waals surface area contributed by atoms with Gasteiger partial charge in [0, 0.05) is 77.5 Å². The normalized spacial score (nSPS) is 15.5. The number of esters is 1. The minimum Gasteiger partial charge on any atom is -0.456 e. The molecule has 3 aliphatic rings. The second-order valence-corrected chi connectivity index (χ2v) is 21.7. The third-order valence-corrected chi connectivity index (χ3v) is 14.2. The SMILES string of the molecule is CCOC(=O)Nc1ccc2c(c1)Oc1cc(NC(=O)OCc3ccc(NC(=O)[C@H](CCCNC(N)=O)NC(=O)[C@@H](NC(=O)[C@H](CNS(N)(=O)=O)NC(=O)CCOCCOCCOCCN4C(=O)C=CC4=O)C(C)C)cc3)ccc1C21OC(=O)c2ccccc21. The van der Waals surface area contributed by atoms with E-state index in [1.807, 2.05) is 4.72 Å². The number of hydrogen-bond donors (Lipinski definition) is 10. The van der Waals surface area contributed by atoms with Crippen LogP contribution in [-0.4, -0.2) is 157 Å². The molecule has 0 fully saturated rings. The Bertz CT molecular complexity index is 3420. The molecule has 0 aromatic heterocycles.